The summed E-state index contributed by atoms with van der Waals surface area (Å²) < 4.78 is 5.47. The van der Waals surface area contributed by atoms with Crippen LogP contribution in [0.2, 0.25) is 0 Å². The van der Waals surface area contributed by atoms with Gasteiger partial charge in [-0.2, -0.15) is 0 Å². The Morgan fingerprint density at radius 2 is 2.23 bits per heavy atom. The molecule has 2 bridgehead atoms. The predicted octanol–water partition coefficient (Wildman–Crippen LogP) is 1.52. The zero-order chi connectivity index (χ0) is 9.47. The number of esters is 1. The Hall–Kier alpha value is -0.570. The summed E-state index contributed by atoms with van der Waals surface area (Å²) in [5, 5.41) is 0. The van der Waals surface area contributed by atoms with E-state index in [9.17, 15) is 4.79 Å². The lowest BCUT2D eigenvalue weighted by atomic mass is 10.0. The first-order valence-electron chi connectivity index (χ1n) is 5.06. The molecule has 0 unspecified atom stereocenters. The first kappa shape index (κ1) is 9.00. The fourth-order valence-corrected chi connectivity index (χ4v) is 2.79. The van der Waals surface area contributed by atoms with Crippen molar-refractivity contribution >= 4 is 5.97 Å². The third-order valence-corrected chi connectivity index (χ3v) is 3.50. The molecule has 0 aromatic rings. The second kappa shape index (κ2) is 2.98. The van der Waals surface area contributed by atoms with Crippen molar-refractivity contribution in [3.63, 3.8) is 0 Å². The molecule has 0 aromatic carbocycles. The van der Waals surface area contributed by atoms with Gasteiger partial charge in [0.2, 0.25) is 0 Å². The Bertz CT molecular complexity index is 225. The van der Waals surface area contributed by atoms with Gasteiger partial charge in [0, 0.05) is 25.8 Å². The van der Waals surface area contributed by atoms with Crippen molar-refractivity contribution in [3.8, 4) is 0 Å². The predicted molar refractivity (Wildman–Crippen MR) is 49.1 cm³/mol. The zero-order valence-electron chi connectivity index (χ0n) is 8.38. The summed E-state index contributed by atoms with van der Waals surface area (Å²) >= 11 is 0. The molecule has 3 heteroatoms. The van der Waals surface area contributed by atoms with Gasteiger partial charge in [-0.3, -0.25) is 9.69 Å². The monoisotopic (exact) mass is 183 g/mol. The fourth-order valence-electron chi connectivity index (χ4n) is 2.79. The quantitative estimate of drug-likeness (QED) is 0.577. The summed E-state index contributed by atoms with van der Waals surface area (Å²) in [5.41, 5.74) is -0.241. The average molecular weight is 183 g/mol. The van der Waals surface area contributed by atoms with Gasteiger partial charge in [0.15, 0.2) is 5.72 Å². The maximum absolute atomic E-state index is 11.0. The molecule has 2 heterocycles. The number of fused-ring (bicyclic) bond motifs is 2. The number of rotatable bonds is 1. The number of piperidine rings is 1. The maximum Gasteiger partial charge on any atom is 0.304 e. The molecule has 2 fully saturated rings. The number of ether oxygens (including phenoxy) is 1. The Morgan fingerprint density at radius 1 is 1.46 bits per heavy atom. The van der Waals surface area contributed by atoms with Crippen LogP contribution in [-0.4, -0.2) is 29.7 Å². The first-order chi connectivity index (χ1) is 6.14. The summed E-state index contributed by atoms with van der Waals surface area (Å²) in [5.74, 6) is -0.144. The summed E-state index contributed by atoms with van der Waals surface area (Å²) in [4.78, 5) is 13.3. The van der Waals surface area contributed by atoms with Gasteiger partial charge in [-0.1, -0.05) is 0 Å². The molecular weight excluding hydrogens is 166 g/mol. The molecule has 0 saturated carbocycles. The van der Waals surface area contributed by atoms with Gasteiger partial charge in [-0.05, 0) is 26.3 Å². The first-order valence-corrected chi connectivity index (χ1v) is 5.06. The van der Waals surface area contributed by atoms with Crippen molar-refractivity contribution in [2.24, 2.45) is 0 Å². The van der Waals surface area contributed by atoms with E-state index in [1.807, 2.05) is 0 Å². The third-order valence-electron chi connectivity index (χ3n) is 3.50. The van der Waals surface area contributed by atoms with Crippen LogP contribution < -0.4 is 0 Å². The Kier molecular flexibility index (Phi) is 2.06. The highest BCUT2D eigenvalue weighted by molar-refractivity contribution is 5.66. The molecule has 0 aromatic heterocycles. The highest BCUT2D eigenvalue weighted by Gasteiger charge is 2.49. The molecule has 2 atom stereocenters. The summed E-state index contributed by atoms with van der Waals surface area (Å²) in [6.45, 7) is 1.50. The van der Waals surface area contributed by atoms with Crippen LogP contribution in [0.3, 0.4) is 0 Å². The van der Waals surface area contributed by atoms with Crippen LogP contribution in [0.5, 0.6) is 0 Å². The molecule has 74 valence electrons. The summed E-state index contributed by atoms with van der Waals surface area (Å²) in [6.07, 6.45) is 5.68. The summed E-state index contributed by atoms with van der Waals surface area (Å²) in [7, 11) is 2.08. The highest BCUT2D eigenvalue weighted by atomic mass is 16.6. The van der Waals surface area contributed by atoms with E-state index >= 15 is 0 Å². The van der Waals surface area contributed by atoms with Gasteiger partial charge in [-0.15, -0.1) is 0 Å². The Labute approximate surface area is 79.0 Å². The minimum absolute atomic E-state index is 0.144. The Balaban J connectivity index is 2.15. The van der Waals surface area contributed by atoms with Crippen LogP contribution in [0.1, 0.15) is 39.0 Å². The van der Waals surface area contributed by atoms with E-state index in [0.29, 0.717) is 6.04 Å². The highest BCUT2D eigenvalue weighted by Crippen LogP contribution is 2.43. The van der Waals surface area contributed by atoms with Gasteiger partial charge in [-0.25, -0.2) is 0 Å². The fraction of sp³-hybridized carbons (Fsp3) is 0.900. The number of hydrogen-bond acceptors (Lipinski definition) is 3. The minimum atomic E-state index is -0.241. The van der Waals surface area contributed by atoms with Crippen LogP contribution in [0.25, 0.3) is 0 Å². The lowest BCUT2D eigenvalue weighted by Crippen LogP contribution is -2.50. The second-order valence-corrected chi connectivity index (χ2v) is 4.24. The van der Waals surface area contributed by atoms with Crippen LogP contribution in [0.15, 0.2) is 0 Å². The van der Waals surface area contributed by atoms with E-state index in [1.165, 1.54) is 26.2 Å². The van der Waals surface area contributed by atoms with E-state index in [2.05, 4.69) is 11.9 Å². The van der Waals surface area contributed by atoms with E-state index in [1.54, 1.807) is 0 Å². The molecule has 0 N–H and O–H groups in total. The number of carbonyl (C=O) groups excluding carboxylic acids is 1. The van der Waals surface area contributed by atoms with Crippen molar-refractivity contribution in [3.05, 3.63) is 0 Å². The normalized spacial score (nSPS) is 39.1. The van der Waals surface area contributed by atoms with Gasteiger partial charge in [0.05, 0.1) is 0 Å². The minimum Gasteiger partial charge on any atom is -0.444 e. The third kappa shape index (κ3) is 1.35. The molecule has 3 nitrogen and oxygen atoms in total. The largest absolute Gasteiger partial charge is 0.444 e. The second-order valence-electron chi connectivity index (χ2n) is 4.24. The lowest BCUT2D eigenvalue weighted by molar-refractivity contribution is -0.182. The average Bonchev–Trinajstić information content (AvgIpc) is 2.30. The molecule has 2 saturated heterocycles. The number of carbonyl (C=O) groups is 1. The molecular formula is C10H17NO2. The van der Waals surface area contributed by atoms with Gasteiger partial charge in [0.1, 0.15) is 0 Å². The SMILES string of the molecule is CC(=O)O[C@]12CCC[C@H](CC1)N2C. The van der Waals surface area contributed by atoms with Crippen LogP contribution in [0, 0.1) is 0 Å². The number of nitrogens with zero attached hydrogens (tertiary/aromatic N) is 1. The molecule has 2 aliphatic heterocycles. The van der Waals surface area contributed by atoms with E-state index in [-0.39, 0.29) is 11.7 Å². The van der Waals surface area contributed by atoms with Gasteiger partial charge in [0.25, 0.3) is 0 Å². The van der Waals surface area contributed by atoms with Crippen molar-refractivity contribution in [1.29, 1.82) is 0 Å². The van der Waals surface area contributed by atoms with E-state index < -0.39 is 0 Å². The Morgan fingerprint density at radius 3 is 2.92 bits per heavy atom. The van der Waals surface area contributed by atoms with Crippen molar-refractivity contribution in [2.75, 3.05) is 7.05 Å². The molecule has 13 heavy (non-hydrogen) atoms. The van der Waals surface area contributed by atoms with Crippen molar-refractivity contribution in [2.45, 2.75) is 50.8 Å². The molecule has 2 aliphatic rings. The molecule has 0 spiro atoms. The van der Waals surface area contributed by atoms with Gasteiger partial charge < -0.3 is 4.74 Å². The standard InChI is InChI=1S/C10H17NO2/c1-8(12)13-10-6-3-4-9(5-7-10)11(10)2/h9H,3-7H2,1-2H3/t9-,10-/m1/s1. The van der Waals surface area contributed by atoms with E-state index in [4.69, 9.17) is 4.74 Å². The molecule has 0 radical (unpaired) electrons. The van der Waals surface area contributed by atoms with Crippen LogP contribution in [0.4, 0.5) is 0 Å². The van der Waals surface area contributed by atoms with Crippen molar-refractivity contribution < 1.29 is 9.53 Å². The zero-order valence-corrected chi connectivity index (χ0v) is 8.38. The topological polar surface area (TPSA) is 29.5 Å². The van der Waals surface area contributed by atoms with Crippen LogP contribution in [-0.2, 0) is 9.53 Å². The molecule has 0 amide bonds. The lowest BCUT2D eigenvalue weighted by Gasteiger charge is -2.41. The van der Waals surface area contributed by atoms with Crippen LogP contribution >= 0.6 is 0 Å². The smallest absolute Gasteiger partial charge is 0.304 e. The van der Waals surface area contributed by atoms with Crippen molar-refractivity contribution in [1.82, 2.24) is 4.90 Å². The maximum atomic E-state index is 11.0. The summed E-state index contributed by atoms with van der Waals surface area (Å²) in [6, 6.07) is 0.646. The molecule has 0 aliphatic carbocycles. The number of hydrogen-bond donors (Lipinski definition) is 0. The van der Waals surface area contributed by atoms with E-state index in [0.717, 1.165) is 12.8 Å². The van der Waals surface area contributed by atoms with Gasteiger partial charge >= 0.3 is 5.97 Å². The molecule has 2 rings (SSSR count).